The zero-order valence-electron chi connectivity index (χ0n) is 8.77. The van der Waals surface area contributed by atoms with Gasteiger partial charge in [-0.25, -0.2) is 10.1 Å². The molecule has 1 radical (unpaired) electrons. The van der Waals surface area contributed by atoms with E-state index in [-0.39, 0.29) is 12.4 Å². The Bertz CT molecular complexity index is 493. The number of H-pyrrole nitrogens is 1. The van der Waals surface area contributed by atoms with Crippen molar-refractivity contribution >= 4 is 16.8 Å². The predicted molar refractivity (Wildman–Crippen MR) is 57.6 cm³/mol. The molecule has 0 aliphatic carbocycles. The molecule has 0 aromatic carbocycles. The lowest BCUT2D eigenvalue weighted by Gasteiger charge is -2.00. The van der Waals surface area contributed by atoms with Gasteiger partial charge in [0.25, 0.3) is 0 Å². The van der Waals surface area contributed by atoms with Crippen molar-refractivity contribution in [2.45, 2.75) is 19.3 Å². The van der Waals surface area contributed by atoms with E-state index in [0.717, 1.165) is 5.52 Å². The molecule has 0 spiro atoms. The van der Waals surface area contributed by atoms with Crippen molar-refractivity contribution in [2.75, 3.05) is 6.61 Å². The molecule has 1 N–H and O–H groups in total. The lowest BCUT2D eigenvalue weighted by molar-refractivity contribution is 0.0975. The number of nitrogens with one attached hydrogen (secondary N) is 1. The van der Waals surface area contributed by atoms with E-state index in [9.17, 15) is 9.90 Å². The highest BCUT2D eigenvalue weighted by Gasteiger charge is 2.11. The summed E-state index contributed by atoms with van der Waals surface area (Å²) in [5.74, 6) is 0.0100. The fourth-order valence-electron chi connectivity index (χ4n) is 1.60. The molecule has 0 aliphatic rings. The number of pyridine rings is 1. The van der Waals surface area contributed by atoms with Crippen LogP contribution in [0, 0.1) is 0 Å². The maximum atomic E-state index is 11.8. The summed E-state index contributed by atoms with van der Waals surface area (Å²) in [5.41, 5.74) is 1.97. The van der Waals surface area contributed by atoms with E-state index >= 15 is 0 Å². The second kappa shape index (κ2) is 4.85. The van der Waals surface area contributed by atoms with Gasteiger partial charge in [0.05, 0.1) is 30.2 Å². The van der Waals surface area contributed by atoms with Crippen LogP contribution in [0.4, 0.5) is 0 Å². The quantitative estimate of drug-likeness (QED) is 0.613. The first-order valence-corrected chi connectivity index (χ1v) is 5.21. The van der Waals surface area contributed by atoms with Crippen LogP contribution in [0.15, 0.2) is 18.7 Å². The third kappa shape index (κ3) is 2.09. The van der Waals surface area contributed by atoms with Gasteiger partial charge in [-0.2, -0.15) is 0 Å². The van der Waals surface area contributed by atoms with Crippen molar-refractivity contribution in [1.82, 2.24) is 15.0 Å². The maximum absolute atomic E-state index is 11.8. The largest absolute Gasteiger partial charge is 0.344 e. The van der Waals surface area contributed by atoms with Gasteiger partial charge in [0.15, 0.2) is 5.78 Å². The summed E-state index contributed by atoms with van der Waals surface area (Å²) in [5, 5.41) is 10.3. The van der Waals surface area contributed by atoms with Crippen molar-refractivity contribution in [2.24, 2.45) is 0 Å². The van der Waals surface area contributed by atoms with Gasteiger partial charge in [-0.15, -0.1) is 0 Å². The normalized spacial score (nSPS) is 10.8. The number of Topliss-reactive ketones (excluding diaryl/α,β-unsaturated/α-hetero) is 1. The Labute approximate surface area is 92.5 Å². The fraction of sp³-hybridized carbons (Fsp3) is 0.364. The van der Waals surface area contributed by atoms with Crippen LogP contribution in [0.5, 0.6) is 0 Å². The van der Waals surface area contributed by atoms with Crippen LogP contribution in [0.1, 0.15) is 29.6 Å². The summed E-state index contributed by atoms with van der Waals surface area (Å²) in [6.07, 6.45) is 6.26. The van der Waals surface area contributed by atoms with Gasteiger partial charge in [0, 0.05) is 12.6 Å². The maximum Gasteiger partial charge on any atom is 0.166 e. The number of fused-ring (bicyclic) bond motifs is 1. The molecule has 5 nitrogen and oxygen atoms in total. The molecule has 2 aromatic heterocycles. The molecule has 0 saturated heterocycles. The number of aromatic nitrogens is 3. The van der Waals surface area contributed by atoms with Gasteiger partial charge in [0.2, 0.25) is 0 Å². The second-order valence-corrected chi connectivity index (χ2v) is 3.57. The van der Waals surface area contributed by atoms with Crippen LogP contribution in [0.2, 0.25) is 0 Å². The highest BCUT2D eigenvalue weighted by molar-refractivity contribution is 6.05. The van der Waals surface area contributed by atoms with Crippen molar-refractivity contribution in [3.05, 3.63) is 24.3 Å². The second-order valence-electron chi connectivity index (χ2n) is 3.57. The monoisotopic (exact) mass is 218 g/mol. The number of unbranched alkanes of at least 4 members (excludes halogenated alkanes) is 1. The first kappa shape index (κ1) is 10.8. The van der Waals surface area contributed by atoms with E-state index in [1.54, 1.807) is 18.7 Å². The van der Waals surface area contributed by atoms with Crippen molar-refractivity contribution < 1.29 is 9.90 Å². The standard InChI is InChI=1S/C11H12N3O2/c15-4-2-1-3-10(16)8-5-12-6-9-11(8)14-7-13-9/h5-7H,1-4H2,(H,13,14). The topological polar surface area (TPSA) is 78.5 Å². The number of ketones is 1. The number of rotatable bonds is 5. The minimum atomic E-state index is -0.125. The van der Waals surface area contributed by atoms with Crippen LogP contribution in [-0.4, -0.2) is 27.3 Å². The van der Waals surface area contributed by atoms with E-state index in [1.165, 1.54) is 0 Å². The lowest BCUT2D eigenvalue weighted by atomic mass is 10.1. The Hall–Kier alpha value is -1.75. The van der Waals surface area contributed by atoms with E-state index in [0.29, 0.717) is 30.3 Å². The summed E-state index contributed by atoms with van der Waals surface area (Å²) in [6, 6.07) is 0. The van der Waals surface area contributed by atoms with Crippen LogP contribution < -0.4 is 0 Å². The number of carbonyl (C=O) groups is 1. The minimum Gasteiger partial charge on any atom is -0.344 e. The van der Waals surface area contributed by atoms with E-state index in [2.05, 4.69) is 15.0 Å². The van der Waals surface area contributed by atoms with Crippen molar-refractivity contribution in [3.63, 3.8) is 0 Å². The number of hydrogen-bond donors (Lipinski definition) is 1. The van der Waals surface area contributed by atoms with Gasteiger partial charge in [-0.05, 0) is 12.8 Å². The number of hydrogen-bond acceptors (Lipinski definition) is 3. The Balaban J connectivity index is 2.19. The molecule has 0 aliphatic heterocycles. The van der Waals surface area contributed by atoms with Crippen LogP contribution >= 0.6 is 0 Å². The van der Waals surface area contributed by atoms with Gasteiger partial charge in [0.1, 0.15) is 5.52 Å². The molecule has 16 heavy (non-hydrogen) atoms. The van der Waals surface area contributed by atoms with Gasteiger partial charge < -0.3 is 4.98 Å². The summed E-state index contributed by atoms with van der Waals surface area (Å²) in [6.45, 7) is -0.125. The van der Waals surface area contributed by atoms with Crippen LogP contribution in [-0.2, 0) is 5.11 Å². The Morgan fingerprint density at radius 2 is 2.19 bits per heavy atom. The first-order valence-electron chi connectivity index (χ1n) is 5.21. The number of imidazole rings is 1. The smallest absolute Gasteiger partial charge is 0.166 e. The SMILES string of the molecule is [O]CCCCC(=O)c1cncc2nc[nH]c12. The van der Waals surface area contributed by atoms with E-state index < -0.39 is 0 Å². The molecule has 0 fully saturated rings. The van der Waals surface area contributed by atoms with Crippen molar-refractivity contribution in [3.8, 4) is 0 Å². The van der Waals surface area contributed by atoms with Gasteiger partial charge in [-0.1, -0.05) is 0 Å². The van der Waals surface area contributed by atoms with Crippen LogP contribution in [0.3, 0.4) is 0 Å². The number of carbonyl (C=O) groups excluding carboxylic acids is 1. The number of aromatic amines is 1. The molecule has 0 amide bonds. The third-order valence-corrected chi connectivity index (χ3v) is 2.44. The molecule has 0 saturated carbocycles. The average Bonchev–Trinajstić information content (AvgIpc) is 2.76. The van der Waals surface area contributed by atoms with E-state index in [1.807, 2.05) is 0 Å². The molecular formula is C11H12N3O2. The molecular weight excluding hydrogens is 206 g/mol. The minimum absolute atomic E-state index is 0.0100. The molecule has 0 atom stereocenters. The molecule has 5 heteroatoms. The molecule has 2 aromatic rings. The Morgan fingerprint density at radius 3 is 3.00 bits per heavy atom. The molecule has 83 valence electrons. The summed E-state index contributed by atoms with van der Waals surface area (Å²) >= 11 is 0. The fourth-order valence-corrected chi connectivity index (χ4v) is 1.60. The first-order chi connectivity index (χ1) is 7.83. The van der Waals surface area contributed by atoms with Gasteiger partial charge in [-0.3, -0.25) is 9.78 Å². The highest BCUT2D eigenvalue weighted by Crippen LogP contribution is 2.15. The molecule has 2 heterocycles. The van der Waals surface area contributed by atoms with Gasteiger partial charge >= 0.3 is 0 Å². The van der Waals surface area contributed by atoms with Crippen molar-refractivity contribution in [1.29, 1.82) is 0 Å². The zero-order chi connectivity index (χ0) is 11.4. The third-order valence-electron chi connectivity index (χ3n) is 2.44. The van der Waals surface area contributed by atoms with Crippen LogP contribution in [0.25, 0.3) is 11.0 Å². The molecule has 2 rings (SSSR count). The molecule has 0 bridgehead atoms. The lowest BCUT2D eigenvalue weighted by Crippen LogP contribution is -2.01. The highest BCUT2D eigenvalue weighted by atomic mass is 16.2. The Morgan fingerprint density at radius 1 is 1.31 bits per heavy atom. The molecule has 0 unspecified atom stereocenters. The summed E-state index contributed by atoms with van der Waals surface area (Å²) in [7, 11) is 0. The zero-order valence-corrected chi connectivity index (χ0v) is 8.77. The predicted octanol–water partition coefficient (Wildman–Crippen LogP) is 1.74. The average molecular weight is 218 g/mol. The van der Waals surface area contributed by atoms with E-state index in [4.69, 9.17) is 0 Å². The number of nitrogens with zero attached hydrogens (tertiary/aromatic N) is 2. The summed E-state index contributed by atoms with van der Waals surface area (Å²) < 4.78 is 0. The Kier molecular flexibility index (Phi) is 3.26. The summed E-state index contributed by atoms with van der Waals surface area (Å²) in [4.78, 5) is 22.8.